The number of hydrogen-bond donors (Lipinski definition) is 2. The second-order valence-electron chi connectivity index (χ2n) is 8.37. The second kappa shape index (κ2) is 10.4. The molecule has 1 aromatic carbocycles. The summed E-state index contributed by atoms with van der Waals surface area (Å²) in [5.74, 6) is 0.489. The van der Waals surface area contributed by atoms with Gasteiger partial charge in [0.2, 0.25) is 0 Å². The molecular weight excluding hydrogens is 487 g/mol. The molecule has 0 amide bonds. The van der Waals surface area contributed by atoms with Crippen molar-refractivity contribution in [2.45, 2.75) is 52.3 Å². The minimum Gasteiger partial charge on any atom is -0.313 e. The van der Waals surface area contributed by atoms with Crippen LogP contribution < -0.4 is 11.2 Å². The minimum atomic E-state index is -4.23. The van der Waals surface area contributed by atoms with E-state index in [4.69, 9.17) is 0 Å². The van der Waals surface area contributed by atoms with Crippen molar-refractivity contribution in [1.29, 1.82) is 0 Å². The summed E-state index contributed by atoms with van der Waals surface area (Å²) in [6, 6.07) is 7.11. The van der Waals surface area contributed by atoms with Crippen LogP contribution in [0.4, 0.5) is 13.2 Å². The lowest BCUT2D eigenvalue weighted by Gasteiger charge is -2.07. The number of aromatic amines is 2. The molecule has 5 aromatic rings. The first-order valence-corrected chi connectivity index (χ1v) is 11.8. The smallest absolute Gasteiger partial charge is 0.313 e. The SMILES string of the molecule is CC.Cc1cccc2c1cnn2CC(F)(F)F.O=c1[nH]cc(-c2cc(C3CC3)c3nccn3n2)c(=O)[nH]1. The largest absolute Gasteiger partial charge is 0.408 e. The highest BCUT2D eigenvalue weighted by atomic mass is 19.4. The quantitative estimate of drug-likeness (QED) is 0.367. The lowest BCUT2D eigenvalue weighted by molar-refractivity contribution is -0.141. The van der Waals surface area contributed by atoms with Crippen LogP contribution >= 0.6 is 0 Å². The number of aryl methyl sites for hydroxylation is 1. The van der Waals surface area contributed by atoms with E-state index in [-0.39, 0.29) is 0 Å². The van der Waals surface area contributed by atoms with Gasteiger partial charge in [-0.3, -0.25) is 14.5 Å². The second-order valence-corrected chi connectivity index (χ2v) is 8.37. The number of hydrogen-bond acceptors (Lipinski definition) is 5. The van der Waals surface area contributed by atoms with E-state index < -0.39 is 24.0 Å². The Bertz CT molecular complexity index is 1640. The van der Waals surface area contributed by atoms with Gasteiger partial charge in [-0.15, -0.1) is 0 Å². The number of halogens is 3. The van der Waals surface area contributed by atoms with Crippen molar-refractivity contribution in [2.75, 3.05) is 0 Å². The van der Waals surface area contributed by atoms with Gasteiger partial charge in [-0.1, -0.05) is 26.0 Å². The molecule has 1 fully saturated rings. The molecule has 1 aliphatic carbocycles. The van der Waals surface area contributed by atoms with E-state index in [0.29, 0.717) is 22.7 Å². The highest BCUT2D eigenvalue weighted by Crippen LogP contribution is 2.42. The molecule has 0 spiro atoms. The summed E-state index contributed by atoms with van der Waals surface area (Å²) in [7, 11) is 0. The van der Waals surface area contributed by atoms with Gasteiger partial charge in [0.15, 0.2) is 5.65 Å². The maximum absolute atomic E-state index is 12.2. The standard InChI is InChI=1S/C13H11N5O2.C10H9F3N2.C2H6/c19-12-9(6-15-13(20)16-12)10-5-8(7-1-2-7)11-14-3-4-18(11)17-10;1-7-3-2-4-9-8(7)5-14-15(9)6-10(11,12)13;1-2/h3-7H,1-2H2,(H2,15,16,19,20);2-5H,6H2,1H3;1-2H3. The highest BCUT2D eigenvalue weighted by Gasteiger charge is 2.29. The summed E-state index contributed by atoms with van der Waals surface area (Å²) >= 11 is 0. The zero-order valence-corrected chi connectivity index (χ0v) is 20.5. The van der Waals surface area contributed by atoms with Crippen molar-refractivity contribution in [1.82, 2.24) is 34.3 Å². The molecular formula is C25H26F3N7O2. The molecule has 12 heteroatoms. The van der Waals surface area contributed by atoms with Gasteiger partial charge in [-0.05, 0) is 43.4 Å². The van der Waals surface area contributed by atoms with Crippen LogP contribution in [0.25, 0.3) is 27.8 Å². The van der Waals surface area contributed by atoms with Gasteiger partial charge in [0.25, 0.3) is 5.56 Å². The average Bonchev–Trinajstić information content (AvgIpc) is 3.45. The van der Waals surface area contributed by atoms with Gasteiger partial charge < -0.3 is 4.98 Å². The van der Waals surface area contributed by atoms with Crippen LogP contribution in [0, 0.1) is 6.92 Å². The fourth-order valence-corrected chi connectivity index (χ4v) is 3.91. The van der Waals surface area contributed by atoms with E-state index in [1.165, 1.54) is 12.4 Å². The van der Waals surface area contributed by atoms with Crippen molar-refractivity contribution in [3.63, 3.8) is 0 Å². The van der Waals surface area contributed by atoms with Crippen LogP contribution in [0.2, 0.25) is 0 Å². The normalized spacial score (nSPS) is 13.1. The molecule has 6 rings (SSSR count). The zero-order valence-electron chi connectivity index (χ0n) is 20.5. The Labute approximate surface area is 209 Å². The third kappa shape index (κ3) is 5.79. The highest BCUT2D eigenvalue weighted by molar-refractivity contribution is 5.81. The van der Waals surface area contributed by atoms with Crippen molar-refractivity contribution < 1.29 is 13.2 Å². The number of benzene rings is 1. The number of nitrogens with zero attached hydrogens (tertiary/aromatic N) is 5. The molecule has 2 N–H and O–H groups in total. The molecule has 0 saturated heterocycles. The van der Waals surface area contributed by atoms with E-state index in [2.05, 4.69) is 25.1 Å². The summed E-state index contributed by atoms with van der Waals surface area (Å²) in [6.45, 7) is 4.81. The molecule has 0 aliphatic heterocycles. The lowest BCUT2D eigenvalue weighted by atomic mass is 10.1. The Hall–Kier alpha value is -4.22. The number of alkyl halides is 3. The van der Waals surface area contributed by atoms with Crippen molar-refractivity contribution in [2.24, 2.45) is 0 Å². The zero-order chi connectivity index (χ0) is 26.7. The van der Waals surface area contributed by atoms with Crippen LogP contribution in [0.15, 0.2) is 58.6 Å². The molecule has 4 heterocycles. The maximum Gasteiger partial charge on any atom is 0.408 e. The summed E-state index contributed by atoms with van der Waals surface area (Å²) in [5, 5.41) is 8.88. The first-order chi connectivity index (χ1) is 17.7. The number of aromatic nitrogens is 7. The molecule has 0 bridgehead atoms. The Morgan fingerprint density at radius 2 is 1.92 bits per heavy atom. The van der Waals surface area contributed by atoms with E-state index >= 15 is 0 Å². The van der Waals surface area contributed by atoms with Crippen LogP contribution in [-0.2, 0) is 6.54 Å². The van der Waals surface area contributed by atoms with E-state index in [9.17, 15) is 22.8 Å². The molecule has 194 valence electrons. The molecule has 1 aliphatic rings. The van der Waals surface area contributed by atoms with Crippen molar-refractivity contribution in [3.05, 3.63) is 81.0 Å². The predicted molar refractivity (Wildman–Crippen MR) is 134 cm³/mol. The summed E-state index contributed by atoms with van der Waals surface area (Å²) < 4.78 is 39.2. The average molecular weight is 514 g/mol. The van der Waals surface area contributed by atoms with Crippen molar-refractivity contribution in [3.8, 4) is 11.3 Å². The Balaban J connectivity index is 0.000000169. The Morgan fingerprint density at radius 1 is 1.16 bits per heavy atom. The van der Waals surface area contributed by atoms with Crippen LogP contribution in [0.1, 0.15) is 43.7 Å². The van der Waals surface area contributed by atoms with Gasteiger partial charge in [0.05, 0.1) is 23.0 Å². The van der Waals surface area contributed by atoms with Gasteiger partial charge in [0.1, 0.15) is 6.54 Å². The Morgan fingerprint density at radius 3 is 2.59 bits per heavy atom. The number of imidazole rings is 1. The third-order valence-corrected chi connectivity index (χ3v) is 5.73. The number of H-pyrrole nitrogens is 2. The third-order valence-electron chi connectivity index (χ3n) is 5.73. The number of rotatable bonds is 3. The van der Waals surface area contributed by atoms with Crippen LogP contribution in [-0.4, -0.2) is 40.5 Å². The van der Waals surface area contributed by atoms with Gasteiger partial charge in [0, 0.05) is 29.5 Å². The van der Waals surface area contributed by atoms with Crippen molar-refractivity contribution >= 4 is 16.6 Å². The van der Waals surface area contributed by atoms with E-state index in [0.717, 1.165) is 39.7 Å². The molecule has 4 aromatic heterocycles. The molecule has 37 heavy (non-hydrogen) atoms. The fraction of sp³-hybridized carbons (Fsp3) is 0.320. The molecule has 9 nitrogen and oxygen atoms in total. The summed E-state index contributed by atoms with van der Waals surface area (Å²) in [4.78, 5) is 31.9. The topological polar surface area (TPSA) is 114 Å². The molecule has 0 atom stereocenters. The monoisotopic (exact) mass is 513 g/mol. The first kappa shape index (κ1) is 25.9. The van der Waals surface area contributed by atoms with E-state index in [1.54, 1.807) is 29.0 Å². The van der Waals surface area contributed by atoms with E-state index in [1.807, 2.05) is 32.9 Å². The van der Waals surface area contributed by atoms with Gasteiger partial charge in [-0.25, -0.2) is 14.3 Å². The molecule has 0 radical (unpaired) electrons. The van der Waals surface area contributed by atoms with Crippen LogP contribution in [0.3, 0.4) is 0 Å². The number of fused-ring (bicyclic) bond motifs is 2. The summed E-state index contributed by atoms with van der Waals surface area (Å²) in [5.41, 5.74) is 3.31. The predicted octanol–water partition coefficient (Wildman–Crippen LogP) is 4.58. The number of nitrogens with one attached hydrogen (secondary N) is 2. The minimum absolute atomic E-state index is 0.349. The fourth-order valence-electron chi connectivity index (χ4n) is 3.91. The van der Waals surface area contributed by atoms with Gasteiger partial charge >= 0.3 is 11.9 Å². The first-order valence-electron chi connectivity index (χ1n) is 11.8. The summed E-state index contributed by atoms with van der Waals surface area (Å²) in [6.07, 6.45) is 4.34. The molecule has 0 unspecified atom stereocenters. The van der Waals surface area contributed by atoms with Gasteiger partial charge in [-0.2, -0.15) is 23.4 Å². The lowest BCUT2D eigenvalue weighted by Crippen LogP contribution is -2.23. The molecule has 1 saturated carbocycles. The maximum atomic E-state index is 12.2. The Kier molecular flexibility index (Phi) is 7.28. The van der Waals surface area contributed by atoms with Crippen LogP contribution in [0.5, 0.6) is 0 Å².